The molecule has 5 nitrogen and oxygen atoms in total. The number of benzene rings is 1. The maximum atomic E-state index is 14.6. The Kier molecular flexibility index (Phi) is 4.42. The minimum Gasteiger partial charge on any atom is -0.388 e. The van der Waals surface area contributed by atoms with Gasteiger partial charge in [-0.05, 0) is 49.2 Å². The van der Waals surface area contributed by atoms with Crippen molar-refractivity contribution in [1.82, 2.24) is 0 Å². The van der Waals surface area contributed by atoms with E-state index in [2.05, 4.69) is 0 Å². The molecule has 0 radical (unpaired) electrons. The largest absolute Gasteiger partial charge is 0.388 e. The van der Waals surface area contributed by atoms with Gasteiger partial charge in [0, 0.05) is 21.7 Å². The Bertz CT molecular complexity index is 837. The van der Waals surface area contributed by atoms with Crippen molar-refractivity contribution in [2.24, 2.45) is 0 Å². The molecule has 2 aromatic rings. The zero-order chi connectivity index (χ0) is 18.6. The van der Waals surface area contributed by atoms with Crippen LogP contribution in [0.25, 0.3) is 0 Å². The molecule has 0 amide bonds. The first-order valence-corrected chi connectivity index (χ1v) is 9.36. The molecule has 5 atom stereocenters. The van der Waals surface area contributed by atoms with Crippen molar-refractivity contribution in [3.8, 4) is 0 Å². The summed E-state index contributed by atoms with van der Waals surface area (Å²) in [5.74, 6) is -1.93. The van der Waals surface area contributed by atoms with E-state index in [4.69, 9.17) is 9.47 Å². The summed E-state index contributed by atoms with van der Waals surface area (Å²) in [6, 6.07) is 7.00. The maximum Gasteiger partial charge on any atom is 0.225 e. The highest BCUT2D eigenvalue weighted by atomic mass is 32.1. The van der Waals surface area contributed by atoms with Gasteiger partial charge in [-0.2, -0.15) is 0 Å². The number of thiophene rings is 1. The molecule has 1 saturated heterocycles. The molecule has 140 valence electrons. The Hall–Kier alpha value is -1.35. The van der Waals surface area contributed by atoms with Gasteiger partial charge in [0.15, 0.2) is 0 Å². The average molecular weight is 380 g/mol. The van der Waals surface area contributed by atoms with Crippen LogP contribution in [0.4, 0.5) is 4.39 Å². The molecule has 4 rings (SSSR count). The number of rotatable bonds is 2. The van der Waals surface area contributed by atoms with Crippen LogP contribution in [0.15, 0.2) is 24.3 Å². The Morgan fingerprint density at radius 3 is 2.69 bits per heavy atom. The molecular formula is C19H21FO5S. The van der Waals surface area contributed by atoms with Crippen molar-refractivity contribution in [1.29, 1.82) is 0 Å². The summed E-state index contributed by atoms with van der Waals surface area (Å²) < 4.78 is 26.1. The molecule has 26 heavy (non-hydrogen) atoms. The third-order valence-electron chi connectivity index (χ3n) is 5.16. The van der Waals surface area contributed by atoms with Crippen LogP contribution >= 0.6 is 11.3 Å². The quantitative estimate of drug-likeness (QED) is 0.742. The molecule has 1 aromatic heterocycles. The number of halogens is 1. The van der Waals surface area contributed by atoms with E-state index in [1.807, 2.05) is 19.1 Å². The second-order valence-corrected chi connectivity index (χ2v) is 8.37. The van der Waals surface area contributed by atoms with E-state index in [1.165, 1.54) is 6.07 Å². The first-order valence-electron chi connectivity index (χ1n) is 8.55. The predicted molar refractivity (Wildman–Crippen MR) is 93.3 cm³/mol. The number of fused-ring (bicyclic) bond motifs is 2. The van der Waals surface area contributed by atoms with Crippen molar-refractivity contribution in [2.75, 3.05) is 0 Å². The fourth-order valence-electron chi connectivity index (χ4n) is 3.72. The number of hydrogen-bond acceptors (Lipinski definition) is 6. The Morgan fingerprint density at radius 2 is 2.00 bits per heavy atom. The van der Waals surface area contributed by atoms with Crippen LogP contribution in [0.3, 0.4) is 0 Å². The average Bonchev–Trinajstić information content (AvgIpc) is 3.16. The molecule has 7 heteroatoms. The lowest BCUT2D eigenvalue weighted by molar-refractivity contribution is -0.362. The zero-order valence-corrected chi connectivity index (χ0v) is 15.3. The second kappa shape index (κ2) is 6.37. The van der Waals surface area contributed by atoms with Gasteiger partial charge in [0.25, 0.3) is 0 Å². The van der Waals surface area contributed by atoms with E-state index in [1.54, 1.807) is 24.3 Å². The van der Waals surface area contributed by atoms with Crippen LogP contribution in [0.1, 0.15) is 33.4 Å². The molecule has 2 aliphatic rings. The highest BCUT2D eigenvalue weighted by Gasteiger charge is 2.57. The van der Waals surface area contributed by atoms with Gasteiger partial charge in [0.05, 0.1) is 12.7 Å². The normalized spacial score (nSPS) is 33.6. The van der Waals surface area contributed by atoms with Crippen LogP contribution in [0.2, 0.25) is 0 Å². The number of aliphatic hydroxyl groups is 3. The second-order valence-electron chi connectivity index (χ2n) is 7.00. The van der Waals surface area contributed by atoms with Crippen LogP contribution in [0.5, 0.6) is 0 Å². The van der Waals surface area contributed by atoms with E-state index in [0.29, 0.717) is 23.1 Å². The predicted octanol–water partition coefficient (Wildman–Crippen LogP) is 1.97. The van der Waals surface area contributed by atoms with Gasteiger partial charge >= 0.3 is 0 Å². The van der Waals surface area contributed by atoms with E-state index in [-0.39, 0.29) is 12.4 Å². The molecule has 1 spiro atoms. The molecule has 0 bridgehead atoms. The summed E-state index contributed by atoms with van der Waals surface area (Å²) in [6.45, 7) is 3.66. The SMILES string of the molecule is Cc1ccc(Cc2cc3c(cc2F)CO[C@]32O[C@H](C)[C@@H](O)[C@H](O)[C@H]2O)s1. The molecule has 3 heterocycles. The minimum atomic E-state index is -1.60. The van der Waals surface area contributed by atoms with Crippen LogP contribution in [-0.4, -0.2) is 39.7 Å². The molecule has 2 aliphatic heterocycles. The number of aliphatic hydroxyl groups excluding tert-OH is 3. The van der Waals surface area contributed by atoms with Gasteiger partial charge in [0.2, 0.25) is 5.79 Å². The first kappa shape index (κ1) is 18.0. The van der Waals surface area contributed by atoms with Crippen LogP contribution in [-0.2, 0) is 28.3 Å². The van der Waals surface area contributed by atoms with E-state index in [0.717, 1.165) is 9.75 Å². The molecular weight excluding hydrogens is 359 g/mol. The van der Waals surface area contributed by atoms with Gasteiger partial charge < -0.3 is 24.8 Å². The van der Waals surface area contributed by atoms with Crippen molar-refractivity contribution in [3.63, 3.8) is 0 Å². The topological polar surface area (TPSA) is 79.2 Å². The van der Waals surface area contributed by atoms with Crippen LogP contribution < -0.4 is 0 Å². The summed E-state index contributed by atoms with van der Waals surface area (Å²) in [5, 5.41) is 30.7. The monoisotopic (exact) mass is 380 g/mol. The molecule has 1 aromatic carbocycles. The van der Waals surface area contributed by atoms with Gasteiger partial charge in [-0.25, -0.2) is 4.39 Å². The molecule has 3 N–H and O–H groups in total. The Labute approximate surface area is 154 Å². The lowest BCUT2D eigenvalue weighted by Gasteiger charge is -2.45. The summed E-state index contributed by atoms with van der Waals surface area (Å²) in [7, 11) is 0. The van der Waals surface area contributed by atoms with E-state index in [9.17, 15) is 19.7 Å². The van der Waals surface area contributed by atoms with E-state index < -0.39 is 30.2 Å². The fourth-order valence-corrected chi connectivity index (χ4v) is 4.63. The zero-order valence-electron chi connectivity index (χ0n) is 14.5. The van der Waals surface area contributed by atoms with Crippen molar-refractivity contribution in [2.45, 2.75) is 57.1 Å². The standard InChI is InChI=1S/C19H21FO5S/c1-9-3-4-13(26-9)5-11-6-14-12(7-15(11)20)8-24-19(14)18(23)17(22)16(21)10(2)25-19/h3-4,6-7,10,16-18,21-23H,5,8H2,1-2H3/t10-,16-,17+,18-,19+/m1/s1. The maximum absolute atomic E-state index is 14.6. The smallest absolute Gasteiger partial charge is 0.225 e. The third-order valence-corrected chi connectivity index (χ3v) is 6.16. The number of ether oxygens (including phenoxy) is 2. The van der Waals surface area contributed by atoms with Crippen LogP contribution in [0, 0.1) is 12.7 Å². The fraction of sp³-hybridized carbons (Fsp3) is 0.474. The summed E-state index contributed by atoms with van der Waals surface area (Å²) >= 11 is 1.60. The third kappa shape index (κ3) is 2.70. The van der Waals surface area contributed by atoms with Crippen molar-refractivity contribution >= 4 is 11.3 Å². The van der Waals surface area contributed by atoms with Gasteiger partial charge in [-0.1, -0.05) is 0 Å². The summed E-state index contributed by atoms with van der Waals surface area (Å²) in [4.78, 5) is 2.18. The number of hydrogen-bond donors (Lipinski definition) is 3. The molecule has 0 saturated carbocycles. The first-order chi connectivity index (χ1) is 12.3. The lowest BCUT2D eigenvalue weighted by atomic mass is 9.87. The lowest BCUT2D eigenvalue weighted by Crippen LogP contribution is -2.62. The van der Waals surface area contributed by atoms with Gasteiger partial charge in [-0.15, -0.1) is 11.3 Å². The van der Waals surface area contributed by atoms with Crippen molar-refractivity contribution < 1.29 is 29.2 Å². The summed E-state index contributed by atoms with van der Waals surface area (Å²) in [5.41, 5.74) is 1.55. The molecule has 0 unspecified atom stereocenters. The van der Waals surface area contributed by atoms with E-state index >= 15 is 0 Å². The number of aryl methyl sites for hydroxylation is 1. The summed E-state index contributed by atoms with van der Waals surface area (Å²) in [6.07, 6.45) is -4.44. The Balaban J connectivity index is 1.75. The highest BCUT2D eigenvalue weighted by Crippen LogP contribution is 2.46. The molecule has 1 fully saturated rings. The Morgan fingerprint density at radius 1 is 1.23 bits per heavy atom. The highest BCUT2D eigenvalue weighted by molar-refractivity contribution is 7.11. The van der Waals surface area contributed by atoms with Gasteiger partial charge in [0.1, 0.15) is 24.1 Å². The van der Waals surface area contributed by atoms with Gasteiger partial charge in [-0.3, -0.25) is 0 Å². The molecule has 0 aliphatic carbocycles. The van der Waals surface area contributed by atoms with Crippen molar-refractivity contribution in [3.05, 3.63) is 56.5 Å². The minimum absolute atomic E-state index is 0.0667.